The summed E-state index contributed by atoms with van der Waals surface area (Å²) in [7, 11) is 3.88. The maximum atomic E-state index is 11.3. The van der Waals surface area contributed by atoms with Crippen LogP contribution >= 0.6 is 0 Å². The van der Waals surface area contributed by atoms with E-state index in [2.05, 4.69) is 17.2 Å². The molecule has 0 heterocycles. The molecule has 0 aliphatic heterocycles. The lowest BCUT2D eigenvalue weighted by Gasteiger charge is -2.04. The number of alkyl carbamates (subject to hydrolysis) is 1. The molecule has 0 radical (unpaired) electrons. The second-order valence-electron chi connectivity index (χ2n) is 4.01. The van der Waals surface area contributed by atoms with Gasteiger partial charge in [-0.1, -0.05) is 42.2 Å². The third-order valence-corrected chi connectivity index (χ3v) is 2.05. The van der Waals surface area contributed by atoms with Crippen LogP contribution in [0.5, 0.6) is 0 Å². The zero-order chi connectivity index (χ0) is 13.2. The molecule has 0 aliphatic rings. The number of rotatable bonds is 4. The molecule has 0 saturated heterocycles. The van der Waals surface area contributed by atoms with Gasteiger partial charge in [-0.25, -0.2) is 4.79 Å². The van der Waals surface area contributed by atoms with Gasteiger partial charge in [0.05, 0.1) is 13.1 Å². The highest BCUT2D eigenvalue weighted by Crippen LogP contribution is 2.00. The van der Waals surface area contributed by atoms with Gasteiger partial charge in [0, 0.05) is 0 Å². The number of carbonyl (C=O) groups excluding carboxylic acids is 1. The highest BCUT2D eigenvalue weighted by Gasteiger charge is 1.99. The Morgan fingerprint density at radius 1 is 1.28 bits per heavy atom. The van der Waals surface area contributed by atoms with Gasteiger partial charge < -0.3 is 10.1 Å². The van der Waals surface area contributed by atoms with Crippen LogP contribution in [-0.4, -0.2) is 38.2 Å². The van der Waals surface area contributed by atoms with Crippen molar-refractivity contribution in [3.05, 3.63) is 35.9 Å². The molecule has 0 bridgehead atoms. The van der Waals surface area contributed by atoms with Crippen molar-refractivity contribution >= 4 is 6.09 Å². The Kier molecular flexibility index (Phi) is 6.37. The molecular formula is C14H18N2O2. The first-order valence-corrected chi connectivity index (χ1v) is 5.73. The number of hydrogen-bond acceptors (Lipinski definition) is 3. The molecule has 96 valence electrons. The standard InChI is InChI=1S/C14H18N2O2/c1-16(2)11-7-6-10-15-14(17)18-12-13-8-4-3-5-9-13/h3-5,8-9H,10-12H2,1-2H3,(H,15,17). The second kappa shape index (κ2) is 8.15. The highest BCUT2D eigenvalue weighted by atomic mass is 16.5. The topological polar surface area (TPSA) is 41.6 Å². The summed E-state index contributed by atoms with van der Waals surface area (Å²) in [6, 6.07) is 9.55. The Morgan fingerprint density at radius 2 is 2.00 bits per heavy atom. The Hall–Kier alpha value is -1.99. The number of ether oxygens (including phenoxy) is 1. The molecule has 0 unspecified atom stereocenters. The molecule has 4 nitrogen and oxygen atoms in total. The zero-order valence-electron chi connectivity index (χ0n) is 10.8. The van der Waals surface area contributed by atoms with Gasteiger partial charge in [0.15, 0.2) is 0 Å². The molecule has 0 spiro atoms. The molecule has 0 saturated carbocycles. The fourth-order valence-electron chi connectivity index (χ4n) is 1.17. The molecule has 0 aromatic heterocycles. The van der Waals surface area contributed by atoms with Crippen molar-refractivity contribution in [2.24, 2.45) is 0 Å². The first-order valence-electron chi connectivity index (χ1n) is 5.73. The number of benzene rings is 1. The summed E-state index contributed by atoms with van der Waals surface area (Å²) in [5.41, 5.74) is 0.964. The fourth-order valence-corrected chi connectivity index (χ4v) is 1.17. The minimum atomic E-state index is -0.446. The van der Waals surface area contributed by atoms with Crippen molar-refractivity contribution in [2.45, 2.75) is 6.61 Å². The third kappa shape index (κ3) is 6.56. The lowest BCUT2D eigenvalue weighted by atomic mass is 10.2. The predicted octanol–water partition coefficient (Wildman–Crippen LogP) is 1.48. The van der Waals surface area contributed by atoms with Gasteiger partial charge in [0.2, 0.25) is 0 Å². The summed E-state index contributed by atoms with van der Waals surface area (Å²) in [4.78, 5) is 13.3. The molecule has 1 N–H and O–H groups in total. The lowest BCUT2D eigenvalue weighted by molar-refractivity contribution is 0.141. The van der Waals surface area contributed by atoms with E-state index < -0.39 is 6.09 Å². The van der Waals surface area contributed by atoms with Gasteiger partial charge in [-0.3, -0.25) is 4.90 Å². The minimum Gasteiger partial charge on any atom is -0.445 e. The van der Waals surface area contributed by atoms with Crippen LogP contribution in [0.15, 0.2) is 30.3 Å². The molecule has 0 fully saturated rings. The lowest BCUT2D eigenvalue weighted by Crippen LogP contribution is -2.24. The Bertz CT molecular complexity index is 418. The maximum Gasteiger partial charge on any atom is 0.408 e. The molecule has 0 aliphatic carbocycles. The normalized spacial score (nSPS) is 9.50. The van der Waals surface area contributed by atoms with Crippen molar-refractivity contribution in [1.29, 1.82) is 0 Å². The SMILES string of the molecule is CN(C)CC#CCNC(=O)OCc1ccccc1. The Balaban J connectivity index is 2.16. The van der Waals surface area contributed by atoms with Gasteiger partial charge in [0.1, 0.15) is 6.61 Å². The molecule has 0 atom stereocenters. The molecular weight excluding hydrogens is 228 g/mol. The van der Waals surface area contributed by atoms with Crippen molar-refractivity contribution in [1.82, 2.24) is 10.2 Å². The van der Waals surface area contributed by atoms with Crippen molar-refractivity contribution < 1.29 is 9.53 Å². The van der Waals surface area contributed by atoms with Crippen LogP contribution in [0.3, 0.4) is 0 Å². The van der Waals surface area contributed by atoms with E-state index in [0.29, 0.717) is 13.1 Å². The van der Waals surface area contributed by atoms with Crippen molar-refractivity contribution in [3.63, 3.8) is 0 Å². The van der Waals surface area contributed by atoms with E-state index in [4.69, 9.17) is 4.74 Å². The van der Waals surface area contributed by atoms with Crippen molar-refractivity contribution in [3.8, 4) is 11.8 Å². The summed E-state index contributed by atoms with van der Waals surface area (Å²) in [5.74, 6) is 5.76. The summed E-state index contributed by atoms with van der Waals surface area (Å²) >= 11 is 0. The summed E-state index contributed by atoms with van der Waals surface area (Å²) < 4.78 is 5.03. The molecule has 1 rings (SSSR count). The highest BCUT2D eigenvalue weighted by molar-refractivity contribution is 5.67. The quantitative estimate of drug-likeness (QED) is 0.818. The maximum absolute atomic E-state index is 11.3. The number of amides is 1. The average Bonchev–Trinajstić information content (AvgIpc) is 2.37. The first kappa shape index (κ1) is 14.1. The van der Waals surface area contributed by atoms with Gasteiger partial charge in [-0.05, 0) is 19.7 Å². The summed E-state index contributed by atoms with van der Waals surface area (Å²) in [5, 5.41) is 2.57. The summed E-state index contributed by atoms with van der Waals surface area (Å²) in [6.07, 6.45) is -0.446. The van der Waals surface area contributed by atoms with Crippen LogP contribution in [0.1, 0.15) is 5.56 Å². The molecule has 18 heavy (non-hydrogen) atoms. The van der Waals surface area contributed by atoms with Crippen LogP contribution in [-0.2, 0) is 11.3 Å². The zero-order valence-corrected chi connectivity index (χ0v) is 10.8. The number of nitrogens with one attached hydrogen (secondary N) is 1. The summed E-state index contributed by atoms with van der Waals surface area (Å²) in [6.45, 7) is 1.26. The van der Waals surface area contributed by atoms with E-state index in [0.717, 1.165) is 5.56 Å². The number of carbonyl (C=O) groups is 1. The van der Waals surface area contributed by atoms with Gasteiger partial charge in [-0.15, -0.1) is 0 Å². The smallest absolute Gasteiger partial charge is 0.408 e. The second-order valence-corrected chi connectivity index (χ2v) is 4.01. The van der Waals surface area contributed by atoms with E-state index in [1.54, 1.807) is 0 Å². The van der Waals surface area contributed by atoms with E-state index in [1.165, 1.54) is 0 Å². The first-order chi connectivity index (χ1) is 8.68. The van der Waals surface area contributed by atoms with E-state index in [9.17, 15) is 4.79 Å². The Labute approximate surface area is 108 Å². The van der Waals surface area contributed by atoms with E-state index >= 15 is 0 Å². The molecule has 4 heteroatoms. The monoisotopic (exact) mass is 246 g/mol. The minimum absolute atomic E-state index is 0.276. The number of hydrogen-bond donors (Lipinski definition) is 1. The van der Waals surface area contributed by atoms with E-state index in [-0.39, 0.29) is 6.61 Å². The fraction of sp³-hybridized carbons (Fsp3) is 0.357. The number of nitrogens with zero attached hydrogens (tertiary/aromatic N) is 1. The molecule has 1 amide bonds. The third-order valence-electron chi connectivity index (χ3n) is 2.05. The molecule has 1 aromatic carbocycles. The van der Waals surface area contributed by atoms with E-state index in [1.807, 2.05) is 49.3 Å². The van der Waals surface area contributed by atoms with Crippen molar-refractivity contribution in [2.75, 3.05) is 27.2 Å². The van der Waals surface area contributed by atoms with Crippen LogP contribution < -0.4 is 5.32 Å². The average molecular weight is 246 g/mol. The van der Waals surface area contributed by atoms with Crippen LogP contribution in [0.25, 0.3) is 0 Å². The molecule has 1 aromatic rings. The van der Waals surface area contributed by atoms with Crippen LogP contribution in [0.2, 0.25) is 0 Å². The van der Waals surface area contributed by atoms with Crippen LogP contribution in [0, 0.1) is 11.8 Å². The van der Waals surface area contributed by atoms with Gasteiger partial charge >= 0.3 is 6.09 Å². The van der Waals surface area contributed by atoms with Gasteiger partial charge in [0.25, 0.3) is 0 Å². The predicted molar refractivity (Wildman–Crippen MR) is 71.0 cm³/mol. The Morgan fingerprint density at radius 3 is 2.67 bits per heavy atom. The van der Waals surface area contributed by atoms with Crippen LogP contribution in [0.4, 0.5) is 4.79 Å². The van der Waals surface area contributed by atoms with Gasteiger partial charge in [-0.2, -0.15) is 0 Å². The largest absolute Gasteiger partial charge is 0.445 e.